The highest BCUT2D eigenvalue weighted by atomic mass is 16.5. The number of amides is 2. The highest BCUT2D eigenvalue weighted by molar-refractivity contribution is 5.88. The molecule has 2 amide bonds. The minimum Gasteiger partial charge on any atom is -0.497 e. The van der Waals surface area contributed by atoms with Gasteiger partial charge in [-0.1, -0.05) is 46.8 Å². The van der Waals surface area contributed by atoms with Gasteiger partial charge in [-0.15, -0.1) is 0 Å². The van der Waals surface area contributed by atoms with Crippen molar-refractivity contribution in [1.82, 2.24) is 10.2 Å². The van der Waals surface area contributed by atoms with Crippen molar-refractivity contribution in [1.29, 1.82) is 0 Å². The molecule has 0 saturated carbocycles. The normalized spacial score (nSPS) is 17.7. The average Bonchev–Trinajstić information content (AvgIpc) is 3.08. The van der Waals surface area contributed by atoms with Gasteiger partial charge >= 0.3 is 0 Å². The lowest BCUT2D eigenvalue weighted by molar-refractivity contribution is -0.139. The molecule has 1 N–H and O–H groups in total. The fourth-order valence-electron chi connectivity index (χ4n) is 3.46. The molecule has 1 aliphatic rings. The standard InChI is InChI=1S/C22H34N2O3/c1-21(2,3)14-19(25)24-13-7-8-18(24)20(26)23-15-22(4,5)16-9-11-17(27-6)12-10-16/h9-12,18H,7-8,13-15H2,1-6H3,(H,23,26). The summed E-state index contributed by atoms with van der Waals surface area (Å²) >= 11 is 0. The van der Waals surface area contributed by atoms with Gasteiger partial charge in [0.25, 0.3) is 0 Å². The van der Waals surface area contributed by atoms with Crippen LogP contribution in [0, 0.1) is 5.41 Å². The molecule has 1 unspecified atom stereocenters. The molecule has 1 atom stereocenters. The Hall–Kier alpha value is -2.04. The van der Waals surface area contributed by atoms with Crippen LogP contribution in [0.3, 0.4) is 0 Å². The molecule has 1 saturated heterocycles. The third-order valence-corrected chi connectivity index (χ3v) is 5.13. The first kappa shape index (κ1) is 21.3. The minimum atomic E-state index is -0.341. The molecule has 150 valence electrons. The minimum absolute atomic E-state index is 0.0451. The van der Waals surface area contributed by atoms with E-state index in [1.54, 1.807) is 12.0 Å². The molecule has 0 spiro atoms. The molecule has 1 fully saturated rings. The van der Waals surface area contributed by atoms with Gasteiger partial charge in [-0.05, 0) is 36.0 Å². The summed E-state index contributed by atoms with van der Waals surface area (Å²) in [4.78, 5) is 27.1. The number of nitrogens with one attached hydrogen (secondary N) is 1. The van der Waals surface area contributed by atoms with Gasteiger partial charge in [0, 0.05) is 24.9 Å². The predicted molar refractivity (Wildman–Crippen MR) is 108 cm³/mol. The van der Waals surface area contributed by atoms with Gasteiger partial charge in [0.2, 0.25) is 11.8 Å². The van der Waals surface area contributed by atoms with E-state index in [0.717, 1.165) is 24.2 Å². The Balaban J connectivity index is 1.97. The summed E-state index contributed by atoms with van der Waals surface area (Å²) in [6.45, 7) is 11.6. The van der Waals surface area contributed by atoms with Crippen LogP contribution in [0.25, 0.3) is 0 Å². The van der Waals surface area contributed by atoms with Crippen LogP contribution in [-0.2, 0) is 15.0 Å². The first-order valence-electron chi connectivity index (χ1n) is 9.75. The second-order valence-electron chi connectivity index (χ2n) is 9.31. The van der Waals surface area contributed by atoms with Gasteiger partial charge in [-0.3, -0.25) is 9.59 Å². The van der Waals surface area contributed by atoms with Crippen LogP contribution < -0.4 is 10.1 Å². The highest BCUT2D eigenvalue weighted by Gasteiger charge is 2.35. The van der Waals surface area contributed by atoms with Crippen molar-refractivity contribution in [3.63, 3.8) is 0 Å². The third kappa shape index (κ3) is 5.72. The average molecular weight is 375 g/mol. The molecule has 27 heavy (non-hydrogen) atoms. The second kappa shape index (κ2) is 8.32. The first-order valence-corrected chi connectivity index (χ1v) is 9.75. The summed E-state index contributed by atoms with van der Waals surface area (Å²) in [5.41, 5.74) is 0.855. The van der Waals surface area contributed by atoms with Crippen LogP contribution in [0.5, 0.6) is 5.75 Å². The van der Waals surface area contributed by atoms with Crippen LogP contribution in [0.1, 0.15) is 59.4 Å². The van der Waals surface area contributed by atoms with Crippen LogP contribution in [-0.4, -0.2) is 43.0 Å². The van der Waals surface area contributed by atoms with Crippen molar-refractivity contribution in [2.75, 3.05) is 20.2 Å². The van der Waals surface area contributed by atoms with Crippen molar-refractivity contribution < 1.29 is 14.3 Å². The maximum Gasteiger partial charge on any atom is 0.242 e. The lowest BCUT2D eigenvalue weighted by Gasteiger charge is -2.30. The lowest BCUT2D eigenvalue weighted by Crippen LogP contribution is -2.49. The van der Waals surface area contributed by atoms with Crippen LogP contribution in [0.4, 0.5) is 0 Å². The number of carbonyl (C=O) groups is 2. The quantitative estimate of drug-likeness (QED) is 0.829. The highest BCUT2D eigenvalue weighted by Crippen LogP contribution is 2.27. The van der Waals surface area contributed by atoms with Crippen LogP contribution in [0.2, 0.25) is 0 Å². The molecule has 1 aromatic rings. The van der Waals surface area contributed by atoms with Crippen molar-refractivity contribution >= 4 is 11.8 Å². The van der Waals surface area contributed by atoms with Gasteiger partial charge in [-0.2, -0.15) is 0 Å². The Labute approximate surface area is 163 Å². The van der Waals surface area contributed by atoms with E-state index in [1.807, 2.05) is 45.0 Å². The smallest absolute Gasteiger partial charge is 0.242 e. The summed E-state index contributed by atoms with van der Waals surface area (Å²) in [6, 6.07) is 7.58. The predicted octanol–water partition coefficient (Wildman–Crippen LogP) is 3.52. The second-order valence-corrected chi connectivity index (χ2v) is 9.31. The molecule has 0 aliphatic carbocycles. The van der Waals surface area contributed by atoms with E-state index in [1.165, 1.54) is 0 Å². The van der Waals surface area contributed by atoms with Crippen molar-refractivity contribution in [3.05, 3.63) is 29.8 Å². The SMILES string of the molecule is COc1ccc(C(C)(C)CNC(=O)C2CCCN2C(=O)CC(C)(C)C)cc1. The van der Waals surface area contributed by atoms with Crippen LogP contribution >= 0.6 is 0 Å². The molecule has 1 aliphatic heterocycles. The Kier molecular flexibility index (Phi) is 6.55. The third-order valence-electron chi connectivity index (χ3n) is 5.13. The topological polar surface area (TPSA) is 58.6 Å². The summed E-state index contributed by atoms with van der Waals surface area (Å²) in [6.07, 6.45) is 2.09. The van der Waals surface area contributed by atoms with Gasteiger partial charge in [-0.25, -0.2) is 0 Å². The van der Waals surface area contributed by atoms with Gasteiger partial charge in [0.1, 0.15) is 11.8 Å². The zero-order valence-corrected chi connectivity index (χ0v) is 17.6. The van der Waals surface area contributed by atoms with E-state index in [2.05, 4.69) is 19.2 Å². The van der Waals surface area contributed by atoms with Crippen molar-refractivity contribution in [2.24, 2.45) is 5.41 Å². The molecule has 1 heterocycles. The van der Waals surface area contributed by atoms with E-state index in [0.29, 0.717) is 19.5 Å². The summed E-state index contributed by atoms with van der Waals surface area (Å²) in [5.74, 6) is 0.850. The summed E-state index contributed by atoms with van der Waals surface area (Å²) in [5, 5.41) is 3.08. The number of rotatable bonds is 6. The van der Waals surface area contributed by atoms with E-state index in [9.17, 15) is 9.59 Å². The molecular formula is C22H34N2O3. The van der Waals surface area contributed by atoms with Crippen molar-refractivity contribution in [2.45, 2.75) is 65.3 Å². The van der Waals surface area contributed by atoms with E-state index >= 15 is 0 Å². The Morgan fingerprint density at radius 2 is 1.78 bits per heavy atom. The fraction of sp³-hybridized carbons (Fsp3) is 0.636. The number of hydrogen-bond acceptors (Lipinski definition) is 3. The monoisotopic (exact) mass is 374 g/mol. The number of benzene rings is 1. The lowest BCUT2D eigenvalue weighted by atomic mass is 9.84. The zero-order valence-electron chi connectivity index (χ0n) is 17.6. The van der Waals surface area contributed by atoms with Crippen molar-refractivity contribution in [3.8, 4) is 5.75 Å². The maximum atomic E-state index is 12.8. The van der Waals surface area contributed by atoms with Gasteiger partial charge in [0.05, 0.1) is 7.11 Å². The summed E-state index contributed by atoms with van der Waals surface area (Å²) in [7, 11) is 1.65. The summed E-state index contributed by atoms with van der Waals surface area (Å²) < 4.78 is 5.21. The molecule has 0 aromatic heterocycles. The number of hydrogen-bond donors (Lipinski definition) is 1. The molecule has 1 aromatic carbocycles. The molecule has 5 heteroatoms. The maximum absolute atomic E-state index is 12.8. The van der Waals surface area contributed by atoms with Crippen LogP contribution in [0.15, 0.2) is 24.3 Å². The Morgan fingerprint density at radius 3 is 2.33 bits per heavy atom. The molecule has 5 nitrogen and oxygen atoms in total. The van der Waals surface area contributed by atoms with E-state index < -0.39 is 0 Å². The van der Waals surface area contributed by atoms with E-state index in [4.69, 9.17) is 4.74 Å². The Bertz CT molecular complexity index is 659. The number of likely N-dealkylation sites (tertiary alicyclic amines) is 1. The fourth-order valence-corrected chi connectivity index (χ4v) is 3.46. The van der Waals surface area contributed by atoms with Gasteiger partial charge < -0.3 is 15.0 Å². The molecular weight excluding hydrogens is 340 g/mol. The zero-order chi connectivity index (χ0) is 20.2. The van der Waals surface area contributed by atoms with Gasteiger partial charge in [0.15, 0.2) is 0 Å². The number of methoxy groups -OCH3 is 1. The number of ether oxygens (including phenoxy) is 1. The Morgan fingerprint density at radius 1 is 1.15 bits per heavy atom. The number of carbonyl (C=O) groups excluding carboxylic acids is 2. The first-order chi connectivity index (χ1) is 12.5. The molecule has 2 rings (SSSR count). The van der Waals surface area contributed by atoms with E-state index in [-0.39, 0.29) is 28.7 Å². The largest absolute Gasteiger partial charge is 0.497 e. The molecule has 0 radical (unpaired) electrons. The number of nitrogens with zero attached hydrogens (tertiary/aromatic N) is 1. The molecule has 0 bridgehead atoms.